The highest BCUT2D eigenvalue weighted by Crippen LogP contribution is 2.43. The number of rotatable bonds is 8. The third-order valence-electron chi connectivity index (χ3n) is 5.53. The van der Waals surface area contributed by atoms with Gasteiger partial charge in [-0.1, -0.05) is 12.1 Å². The number of halogens is 5. The summed E-state index contributed by atoms with van der Waals surface area (Å²) in [5.74, 6) is -2.18. The minimum absolute atomic E-state index is 0.0294. The van der Waals surface area contributed by atoms with E-state index in [1.807, 2.05) is 0 Å². The molecule has 1 aliphatic carbocycles. The smallest absolute Gasteiger partial charge is 0.446 e. The Bertz CT molecular complexity index is 1340. The van der Waals surface area contributed by atoms with Crippen molar-refractivity contribution in [3.05, 3.63) is 87.1 Å². The normalized spacial score (nSPS) is 14.4. The molecule has 0 aliphatic heterocycles. The molecule has 1 saturated carbocycles. The number of benzene rings is 2. The number of ether oxygens (including phenoxy) is 1. The van der Waals surface area contributed by atoms with Crippen molar-refractivity contribution in [1.29, 1.82) is 0 Å². The molecular weight excluding hydrogens is 505 g/mol. The molecule has 6 nitrogen and oxygen atoms in total. The lowest BCUT2D eigenvalue weighted by molar-refractivity contribution is -0.0329. The van der Waals surface area contributed by atoms with Crippen LogP contribution in [0.1, 0.15) is 46.3 Å². The Hall–Kier alpha value is -3.41. The number of amides is 1. The minimum Gasteiger partial charge on any atom is -0.494 e. The van der Waals surface area contributed by atoms with Crippen LogP contribution in [0.25, 0.3) is 0 Å². The lowest BCUT2D eigenvalue weighted by Gasteiger charge is -2.19. The lowest BCUT2D eigenvalue weighted by Crippen LogP contribution is -2.32. The summed E-state index contributed by atoms with van der Waals surface area (Å²) in [6.45, 7) is 0. The fraction of sp³-hybridized carbons (Fsp3) is 0.292. The molecule has 2 N–H and O–H groups in total. The Labute approximate surface area is 206 Å². The molecule has 190 valence electrons. The lowest BCUT2D eigenvalue weighted by atomic mass is 10.0. The van der Waals surface area contributed by atoms with Gasteiger partial charge in [0.25, 0.3) is 11.5 Å². The van der Waals surface area contributed by atoms with Crippen molar-refractivity contribution in [2.45, 2.75) is 35.7 Å². The fourth-order valence-corrected chi connectivity index (χ4v) is 4.30. The monoisotopic (exact) mass is 525 g/mol. The zero-order valence-electron chi connectivity index (χ0n) is 18.8. The van der Waals surface area contributed by atoms with Gasteiger partial charge in [0.05, 0.1) is 18.0 Å². The van der Waals surface area contributed by atoms with Crippen LogP contribution < -0.4 is 15.6 Å². The molecule has 1 heterocycles. The van der Waals surface area contributed by atoms with E-state index in [-0.39, 0.29) is 29.6 Å². The van der Waals surface area contributed by atoms with Gasteiger partial charge < -0.3 is 15.0 Å². The Morgan fingerprint density at radius 3 is 2.53 bits per heavy atom. The van der Waals surface area contributed by atoms with Crippen molar-refractivity contribution in [2.75, 3.05) is 7.11 Å². The Balaban J connectivity index is 1.53. The van der Waals surface area contributed by atoms with E-state index >= 15 is 0 Å². The average molecular weight is 525 g/mol. The van der Waals surface area contributed by atoms with Crippen LogP contribution in [-0.2, 0) is 6.42 Å². The molecular formula is C24H20F5N3O3S. The molecule has 0 saturated heterocycles. The summed E-state index contributed by atoms with van der Waals surface area (Å²) >= 11 is -0.552. The van der Waals surface area contributed by atoms with Gasteiger partial charge in [-0.2, -0.15) is 13.2 Å². The number of nitrogens with one attached hydrogen (secondary N) is 2. The summed E-state index contributed by atoms with van der Waals surface area (Å²) in [5, 5.41) is 2.72. The van der Waals surface area contributed by atoms with Gasteiger partial charge in [0.15, 0.2) is 11.6 Å². The van der Waals surface area contributed by atoms with Crippen molar-refractivity contribution in [3.63, 3.8) is 0 Å². The van der Waals surface area contributed by atoms with Gasteiger partial charge in [-0.25, -0.2) is 13.8 Å². The number of hydrogen-bond acceptors (Lipinski definition) is 5. The van der Waals surface area contributed by atoms with Crippen molar-refractivity contribution in [3.8, 4) is 5.75 Å². The number of carbonyl (C=O) groups is 1. The zero-order valence-corrected chi connectivity index (χ0v) is 19.6. The van der Waals surface area contributed by atoms with E-state index < -0.39 is 51.3 Å². The summed E-state index contributed by atoms with van der Waals surface area (Å²) in [6, 6.07) is 7.93. The summed E-state index contributed by atoms with van der Waals surface area (Å²) in [5.41, 5.74) is -4.63. The van der Waals surface area contributed by atoms with Crippen LogP contribution in [0.2, 0.25) is 0 Å². The number of alkyl halides is 3. The first kappa shape index (κ1) is 25.7. The quantitative estimate of drug-likeness (QED) is 0.314. The highest BCUT2D eigenvalue weighted by molar-refractivity contribution is 8.00. The second kappa shape index (κ2) is 10.3. The molecule has 1 atom stereocenters. The van der Waals surface area contributed by atoms with Crippen LogP contribution in [0.15, 0.2) is 52.2 Å². The van der Waals surface area contributed by atoms with E-state index in [1.165, 1.54) is 25.3 Å². The predicted molar refractivity (Wildman–Crippen MR) is 122 cm³/mol. The van der Waals surface area contributed by atoms with E-state index in [4.69, 9.17) is 4.74 Å². The van der Waals surface area contributed by atoms with Crippen LogP contribution in [-0.4, -0.2) is 28.5 Å². The number of aromatic amines is 1. The highest BCUT2D eigenvalue weighted by Gasteiger charge is 2.35. The summed E-state index contributed by atoms with van der Waals surface area (Å²) < 4.78 is 71.1. The zero-order chi connectivity index (χ0) is 26.0. The molecule has 1 amide bonds. The van der Waals surface area contributed by atoms with E-state index in [1.54, 1.807) is 6.07 Å². The maximum atomic E-state index is 14.3. The number of carbonyl (C=O) groups excluding carboxylic acids is 1. The van der Waals surface area contributed by atoms with Gasteiger partial charge >= 0.3 is 5.51 Å². The summed E-state index contributed by atoms with van der Waals surface area (Å²) in [6.07, 6.45) is 1.51. The molecule has 0 radical (unpaired) electrons. The standard InChI is InChI=1S/C24H20F5N3O3S/c1-35-18-6-2-12(8-15(18)25)9-20-30-17(11-21(33)31-20)23(34)32-22(13-3-4-13)14-5-7-19(16(26)10-14)36-24(27,28)29/h2,5-8,10-11,13,22H,3-4,9H2,1H3,(H,32,34)(H,30,31,33). The van der Waals surface area contributed by atoms with Gasteiger partial charge in [0.2, 0.25) is 0 Å². The SMILES string of the molecule is COc1ccc(Cc2nc(C(=O)NC(c3ccc(SC(F)(F)F)c(F)c3)C3CC3)cc(=O)[nH]2)cc1F. The van der Waals surface area contributed by atoms with Crippen molar-refractivity contribution < 1.29 is 31.5 Å². The highest BCUT2D eigenvalue weighted by atomic mass is 32.2. The fourth-order valence-electron chi connectivity index (χ4n) is 3.76. The van der Waals surface area contributed by atoms with Gasteiger partial charge in [-0.05, 0) is 65.9 Å². The summed E-state index contributed by atoms with van der Waals surface area (Å²) in [4.78, 5) is 31.2. The first-order valence-electron chi connectivity index (χ1n) is 10.8. The number of H-pyrrole nitrogens is 1. The first-order valence-corrected chi connectivity index (χ1v) is 11.6. The van der Waals surface area contributed by atoms with Crippen LogP contribution >= 0.6 is 11.8 Å². The molecule has 4 rings (SSSR count). The van der Waals surface area contributed by atoms with E-state index in [2.05, 4.69) is 15.3 Å². The van der Waals surface area contributed by atoms with Gasteiger partial charge in [-0.15, -0.1) is 0 Å². The van der Waals surface area contributed by atoms with Crippen LogP contribution in [0, 0.1) is 17.6 Å². The molecule has 3 aromatic rings. The second-order valence-electron chi connectivity index (χ2n) is 8.25. The number of aromatic nitrogens is 2. The van der Waals surface area contributed by atoms with Gasteiger partial charge in [-0.3, -0.25) is 9.59 Å². The third kappa shape index (κ3) is 6.42. The Morgan fingerprint density at radius 2 is 1.92 bits per heavy atom. The molecule has 12 heteroatoms. The maximum absolute atomic E-state index is 14.3. The molecule has 2 aromatic carbocycles. The van der Waals surface area contributed by atoms with Crippen LogP contribution in [0.5, 0.6) is 5.75 Å². The second-order valence-corrected chi connectivity index (χ2v) is 9.36. The summed E-state index contributed by atoms with van der Waals surface area (Å²) in [7, 11) is 1.33. The van der Waals surface area contributed by atoms with Crippen molar-refractivity contribution in [1.82, 2.24) is 15.3 Å². The van der Waals surface area contributed by atoms with Gasteiger partial charge in [0, 0.05) is 12.5 Å². The molecule has 1 unspecified atom stereocenters. The number of thioether (sulfide) groups is 1. The number of nitrogens with zero attached hydrogens (tertiary/aromatic N) is 1. The molecule has 0 bridgehead atoms. The van der Waals surface area contributed by atoms with Gasteiger partial charge in [0.1, 0.15) is 17.3 Å². The predicted octanol–water partition coefficient (Wildman–Crippen LogP) is 5.14. The van der Waals surface area contributed by atoms with Crippen LogP contribution in [0.4, 0.5) is 22.0 Å². The van der Waals surface area contributed by atoms with Crippen LogP contribution in [0.3, 0.4) is 0 Å². The molecule has 1 aliphatic rings. The molecule has 36 heavy (non-hydrogen) atoms. The van der Waals surface area contributed by atoms with E-state index in [0.717, 1.165) is 31.0 Å². The topological polar surface area (TPSA) is 84.1 Å². The third-order valence-corrected chi connectivity index (χ3v) is 6.31. The molecule has 0 spiro atoms. The molecule has 1 fully saturated rings. The van der Waals surface area contributed by atoms with E-state index in [0.29, 0.717) is 11.1 Å². The Morgan fingerprint density at radius 1 is 1.17 bits per heavy atom. The first-order chi connectivity index (χ1) is 17.0. The number of hydrogen-bond donors (Lipinski definition) is 2. The largest absolute Gasteiger partial charge is 0.494 e. The van der Waals surface area contributed by atoms with Crippen molar-refractivity contribution in [2.24, 2.45) is 5.92 Å². The Kier molecular flexibility index (Phi) is 7.34. The average Bonchev–Trinajstić information content (AvgIpc) is 3.63. The number of methoxy groups -OCH3 is 1. The maximum Gasteiger partial charge on any atom is 0.446 e. The molecule has 1 aromatic heterocycles. The minimum atomic E-state index is -4.63. The van der Waals surface area contributed by atoms with Crippen molar-refractivity contribution >= 4 is 17.7 Å². The van der Waals surface area contributed by atoms with E-state index in [9.17, 15) is 31.5 Å².